The van der Waals surface area contributed by atoms with Gasteiger partial charge in [0, 0.05) is 19.3 Å². The number of carbonyl (C=O) groups excluding carboxylic acids is 3. The van der Waals surface area contributed by atoms with Gasteiger partial charge in [0.05, 0.1) is 0 Å². The highest BCUT2D eigenvalue weighted by Crippen LogP contribution is 2.11. The van der Waals surface area contributed by atoms with Crippen molar-refractivity contribution in [2.75, 3.05) is 13.2 Å². The predicted molar refractivity (Wildman–Crippen MR) is 256 cm³/mol. The van der Waals surface area contributed by atoms with Crippen LogP contribution in [-0.2, 0) is 28.6 Å². The van der Waals surface area contributed by atoms with E-state index in [1.165, 1.54) is 12.8 Å². The van der Waals surface area contributed by atoms with Crippen molar-refractivity contribution in [3.05, 3.63) is 122 Å². The zero-order valence-electron chi connectivity index (χ0n) is 38.2. The van der Waals surface area contributed by atoms with Gasteiger partial charge in [-0.3, -0.25) is 14.4 Å². The first-order valence-corrected chi connectivity index (χ1v) is 23.5. The van der Waals surface area contributed by atoms with Crippen LogP contribution in [0.3, 0.4) is 0 Å². The molecule has 0 aliphatic carbocycles. The summed E-state index contributed by atoms with van der Waals surface area (Å²) in [4.78, 5) is 37.8. The second kappa shape index (κ2) is 47.5. The number of carbonyl (C=O) groups is 3. The van der Waals surface area contributed by atoms with E-state index in [4.69, 9.17) is 14.2 Å². The summed E-state index contributed by atoms with van der Waals surface area (Å²) in [6, 6.07) is 0. The lowest BCUT2D eigenvalue weighted by Crippen LogP contribution is -2.30. The summed E-state index contributed by atoms with van der Waals surface area (Å²) in [7, 11) is 0. The molecule has 0 radical (unpaired) electrons. The Kier molecular flexibility index (Phi) is 44.2. The van der Waals surface area contributed by atoms with E-state index in [1.54, 1.807) is 0 Å². The lowest BCUT2D eigenvalue weighted by atomic mass is 10.1. The number of hydrogen-bond donors (Lipinski definition) is 0. The van der Waals surface area contributed by atoms with E-state index in [1.807, 2.05) is 12.2 Å². The van der Waals surface area contributed by atoms with Crippen molar-refractivity contribution in [2.24, 2.45) is 0 Å². The van der Waals surface area contributed by atoms with Gasteiger partial charge in [-0.1, -0.05) is 174 Å². The zero-order chi connectivity index (χ0) is 43.7. The average molecular weight is 829 g/mol. The summed E-state index contributed by atoms with van der Waals surface area (Å²) in [6.07, 6.45) is 64.8. The maximum Gasteiger partial charge on any atom is 0.306 e. The molecule has 0 N–H and O–H groups in total. The molecule has 0 spiro atoms. The van der Waals surface area contributed by atoms with Gasteiger partial charge in [0.1, 0.15) is 13.2 Å². The Morgan fingerprint density at radius 1 is 0.350 bits per heavy atom. The summed E-state index contributed by atoms with van der Waals surface area (Å²) in [5, 5.41) is 0. The Balaban J connectivity index is 4.58. The van der Waals surface area contributed by atoms with E-state index in [-0.39, 0.29) is 44.0 Å². The fourth-order valence-corrected chi connectivity index (χ4v) is 5.70. The van der Waals surface area contributed by atoms with Gasteiger partial charge < -0.3 is 14.2 Å². The molecule has 0 aliphatic heterocycles. The molecule has 6 heteroatoms. The number of ether oxygens (including phenoxy) is 3. The van der Waals surface area contributed by atoms with Crippen molar-refractivity contribution < 1.29 is 28.6 Å². The largest absolute Gasteiger partial charge is 0.462 e. The minimum Gasteiger partial charge on any atom is -0.462 e. The van der Waals surface area contributed by atoms with E-state index >= 15 is 0 Å². The van der Waals surface area contributed by atoms with E-state index < -0.39 is 6.10 Å². The lowest BCUT2D eigenvalue weighted by molar-refractivity contribution is -0.166. The van der Waals surface area contributed by atoms with Gasteiger partial charge in [-0.15, -0.1) is 0 Å². The highest BCUT2D eigenvalue weighted by atomic mass is 16.6. The molecule has 1 unspecified atom stereocenters. The number of esters is 3. The molecular weight excluding hydrogens is 745 g/mol. The van der Waals surface area contributed by atoms with E-state index in [9.17, 15) is 14.4 Å². The smallest absolute Gasteiger partial charge is 0.306 e. The normalized spacial score (nSPS) is 13.2. The minimum absolute atomic E-state index is 0.124. The van der Waals surface area contributed by atoms with Crippen LogP contribution in [0.15, 0.2) is 122 Å². The summed E-state index contributed by atoms with van der Waals surface area (Å²) in [5.41, 5.74) is 0. The van der Waals surface area contributed by atoms with Crippen molar-refractivity contribution in [1.82, 2.24) is 0 Å². The maximum absolute atomic E-state index is 12.7. The lowest BCUT2D eigenvalue weighted by Gasteiger charge is -2.18. The summed E-state index contributed by atoms with van der Waals surface area (Å²) < 4.78 is 16.6. The Labute approximate surface area is 367 Å². The quantitative estimate of drug-likeness (QED) is 0.0265. The number of allylic oxidation sites excluding steroid dienone is 20. The molecule has 0 fully saturated rings. The van der Waals surface area contributed by atoms with Crippen LogP contribution in [0.2, 0.25) is 0 Å². The van der Waals surface area contributed by atoms with Crippen LogP contribution >= 0.6 is 0 Å². The molecular formula is C54H84O6. The molecule has 0 aromatic carbocycles. The number of hydrogen-bond acceptors (Lipinski definition) is 6. The molecule has 0 heterocycles. The molecule has 0 saturated heterocycles. The van der Waals surface area contributed by atoms with Gasteiger partial charge in [0.15, 0.2) is 6.10 Å². The number of unbranched alkanes of at least 4 members (excludes halogenated alkanes) is 9. The molecule has 0 saturated carbocycles. The highest BCUT2D eigenvalue weighted by Gasteiger charge is 2.19. The third-order valence-electron chi connectivity index (χ3n) is 9.19. The SMILES string of the molecule is CC/C=C\C/C=C\C/C=C\C/C=C\C/C=C\CCC(=O)OCC(COC(=O)CCCCCC/C=C\CCCC)OC(=O)CCCCC/C=C\C/C=C\C/C=C\C/C=C\CC. The van der Waals surface area contributed by atoms with Crippen LogP contribution in [0, 0.1) is 0 Å². The number of rotatable bonds is 40. The molecule has 60 heavy (non-hydrogen) atoms. The van der Waals surface area contributed by atoms with Crippen molar-refractivity contribution in [1.29, 1.82) is 0 Å². The molecule has 0 aromatic rings. The van der Waals surface area contributed by atoms with Crippen molar-refractivity contribution in [2.45, 2.75) is 187 Å². The standard InChI is InChI=1S/C54H84O6/c1-4-7-10-13-16-19-22-24-26-28-30-32-35-38-41-44-47-53(56)59-50-51(49-58-52(55)46-43-40-37-34-21-18-15-12-9-6-3)60-54(57)48-45-42-39-36-33-31-29-27-25-23-20-17-14-11-8-5-2/h7-8,10-11,15-20,24-27,30-33,38,41,51H,4-6,9,12-14,21-23,28-29,34-37,39-40,42-50H2,1-3H3/b10-7-,11-8-,18-15-,19-16-,20-17-,26-24-,27-25-,32-30-,33-31-,41-38-. The summed E-state index contributed by atoms with van der Waals surface area (Å²) >= 11 is 0. The Morgan fingerprint density at radius 2 is 0.683 bits per heavy atom. The van der Waals surface area contributed by atoms with E-state index in [0.29, 0.717) is 19.3 Å². The molecule has 0 amide bonds. The predicted octanol–water partition coefficient (Wildman–Crippen LogP) is 15.4. The van der Waals surface area contributed by atoms with Crippen LogP contribution in [0.4, 0.5) is 0 Å². The summed E-state index contributed by atoms with van der Waals surface area (Å²) in [6.45, 7) is 6.23. The Bertz CT molecular complexity index is 1320. The average Bonchev–Trinajstić information content (AvgIpc) is 3.24. The molecule has 0 bridgehead atoms. The highest BCUT2D eigenvalue weighted by molar-refractivity contribution is 5.71. The molecule has 6 nitrogen and oxygen atoms in total. The van der Waals surface area contributed by atoms with Gasteiger partial charge in [-0.25, -0.2) is 0 Å². The first-order chi connectivity index (χ1) is 29.5. The molecule has 0 aromatic heterocycles. The van der Waals surface area contributed by atoms with Gasteiger partial charge in [-0.05, 0) is 109 Å². The van der Waals surface area contributed by atoms with Crippen LogP contribution < -0.4 is 0 Å². The summed E-state index contributed by atoms with van der Waals surface area (Å²) in [5.74, 6) is -1.07. The topological polar surface area (TPSA) is 78.9 Å². The van der Waals surface area contributed by atoms with Crippen molar-refractivity contribution in [3.63, 3.8) is 0 Å². The first kappa shape index (κ1) is 55.8. The van der Waals surface area contributed by atoms with Crippen LogP contribution in [0.25, 0.3) is 0 Å². The van der Waals surface area contributed by atoms with Crippen LogP contribution in [0.1, 0.15) is 181 Å². The second-order valence-electron chi connectivity index (χ2n) is 14.9. The van der Waals surface area contributed by atoms with Gasteiger partial charge in [0.25, 0.3) is 0 Å². The third-order valence-corrected chi connectivity index (χ3v) is 9.19. The molecule has 0 aliphatic rings. The van der Waals surface area contributed by atoms with Gasteiger partial charge >= 0.3 is 17.9 Å². The first-order valence-electron chi connectivity index (χ1n) is 23.5. The van der Waals surface area contributed by atoms with Gasteiger partial charge in [0.2, 0.25) is 0 Å². The van der Waals surface area contributed by atoms with E-state index in [2.05, 4.69) is 130 Å². The van der Waals surface area contributed by atoms with Crippen LogP contribution in [0.5, 0.6) is 0 Å². The minimum atomic E-state index is -0.831. The third kappa shape index (κ3) is 44.9. The molecule has 336 valence electrons. The van der Waals surface area contributed by atoms with Crippen molar-refractivity contribution >= 4 is 17.9 Å². The van der Waals surface area contributed by atoms with Crippen LogP contribution in [-0.4, -0.2) is 37.2 Å². The maximum atomic E-state index is 12.7. The monoisotopic (exact) mass is 829 g/mol. The van der Waals surface area contributed by atoms with Crippen molar-refractivity contribution in [3.8, 4) is 0 Å². The second-order valence-corrected chi connectivity index (χ2v) is 14.9. The molecule has 0 rings (SSSR count). The zero-order valence-corrected chi connectivity index (χ0v) is 38.2. The Hall–Kier alpha value is -4.19. The van der Waals surface area contributed by atoms with E-state index in [0.717, 1.165) is 116 Å². The van der Waals surface area contributed by atoms with Gasteiger partial charge in [-0.2, -0.15) is 0 Å². The Morgan fingerprint density at radius 3 is 1.13 bits per heavy atom. The fraction of sp³-hybridized carbons (Fsp3) is 0.574. The fourth-order valence-electron chi connectivity index (χ4n) is 5.70. The molecule has 1 atom stereocenters.